The van der Waals surface area contributed by atoms with E-state index in [0.717, 1.165) is 0 Å². The van der Waals surface area contributed by atoms with E-state index >= 15 is 0 Å². The maximum absolute atomic E-state index is 12.4. The molecule has 0 aliphatic rings. The lowest BCUT2D eigenvalue weighted by Crippen LogP contribution is -2.05. The van der Waals surface area contributed by atoms with Crippen molar-refractivity contribution in [2.24, 2.45) is 5.73 Å². The summed E-state index contributed by atoms with van der Waals surface area (Å²) in [5.41, 5.74) is 6.07. The summed E-state index contributed by atoms with van der Waals surface area (Å²) in [7, 11) is 0. The Labute approximate surface area is 83.3 Å². The maximum Gasteiger partial charge on any atom is 0.280 e. The van der Waals surface area contributed by atoms with Gasteiger partial charge in [0.2, 0.25) is 0 Å². The van der Waals surface area contributed by atoms with Gasteiger partial charge >= 0.3 is 0 Å². The lowest BCUT2D eigenvalue weighted by molar-refractivity contribution is 0.145. The minimum absolute atomic E-state index is 0.153. The number of aryl methyl sites for hydroxylation is 1. The Morgan fingerprint density at radius 2 is 2.23 bits per heavy atom. The zero-order valence-corrected chi connectivity index (χ0v) is 8.61. The van der Waals surface area contributed by atoms with Gasteiger partial charge in [0.15, 0.2) is 0 Å². The Bertz CT molecular complexity index is 315. The third kappa shape index (κ3) is 2.22. The van der Waals surface area contributed by atoms with E-state index in [9.17, 15) is 8.78 Å². The minimum atomic E-state index is -2.54. The average molecular weight is 251 g/mol. The summed E-state index contributed by atoms with van der Waals surface area (Å²) in [4.78, 5) is 3.77. The molecule has 5 heteroatoms. The number of pyridine rings is 1. The van der Waals surface area contributed by atoms with Gasteiger partial charge < -0.3 is 5.73 Å². The van der Waals surface area contributed by atoms with Crippen LogP contribution in [-0.4, -0.2) is 4.98 Å². The van der Waals surface area contributed by atoms with E-state index in [1.54, 1.807) is 13.0 Å². The van der Waals surface area contributed by atoms with Gasteiger partial charge in [-0.1, -0.05) is 0 Å². The molecule has 2 nitrogen and oxygen atoms in total. The molecule has 2 N–H and O–H groups in total. The number of nitrogens with two attached hydrogens (primary N) is 1. The van der Waals surface area contributed by atoms with E-state index in [-0.39, 0.29) is 12.2 Å². The van der Waals surface area contributed by atoms with Crippen molar-refractivity contribution in [2.45, 2.75) is 19.9 Å². The van der Waals surface area contributed by atoms with E-state index in [1.165, 1.54) is 0 Å². The van der Waals surface area contributed by atoms with Gasteiger partial charge in [0, 0.05) is 11.0 Å². The van der Waals surface area contributed by atoms with Crippen molar-refractivity contribution >= 4 is 15.9 Å². The van der Waals surface area contributed by atoms with Crippen LogP contribution in [0.1, 0.15) is 23.4 Å². The third-order valence-electron chi connectivity index (χ3n) is 1.68. The molecular weight excluding hydrogens is 242 g/mol. The summed E-state index contributed by atoms with van der Waals surface area (Å²) in [6.07, 6.45) is -2.54. The Balaban J connectivity index is 3.22. The van der Waals surface area contributed by atoms with Crippen LogP contribution >= 0.6 is 15.9 Å². The Morgan fingerprint density at radius 1 is 1.62 bits per heavy atom. The fraction of sp³-hybridized carbons (Fsp3) is 0.375. The Morgan fingerprint density at radius 3 is 2.69 bits per heavy atom. The second kappa shape index (κ2) is 4.11. The molecule has 0 fully saturated rings. The molecule has 13 heavy (non-hydrogen) atoms. The summed E-state index contributed by atoms with van der Waals surface area (Å²) in [5.74, 6) is 0. The molecule has 0 saturated carbocycles. The molecule has 72 valence electrons. The molecule has 0 unspecified atom stereocenters. The molecule has 1 aromatic rings. The zero-order valence-electron chi connectivity index (χ0n) is 7.02. The number of halogens is 3. The van der Waals surface area contributed by atoms with E-state index in [0.29, 0.717) is 15.7 Å². The van der Waals surface area contributed by atoms with Crippen molar-refractivity contribution in [1.29, 1.82) is 0 Å². The third-order valence-corrected chi connectivity index (χ3v) is 2.37. The van der Waals surface area contributed by atoms with Gasteiger partial charge in [0.1, 0.15) is 5.69 Å². The highest BCUT2D eigenvalue weighted by molar-refractivity contribution is 9.10. The highest BCUT2D eigenvalue weighted by Gasteiger charge is 2.14. The van der Waals surface area contributed by atoms with Gasteiger partial charge in [-0.2, -0.15) is 0 Å². The number of aromatic nitrogens is 1. The van der Waals surface area contributed by atoms with Gasteiger partial charge in [-0.25, -0.2) is 13.8 Å². The van der Waals surface area contributed by atoms with Crippen LogP contribution in [0, 0.1) is 6.92 Å². The first kappa shape index (κ1) is 10.5. The van der Waals surface area contributed by atoms with Crippen LogP contribution < -0.4 is 5.73 Å². The highest BCUT2D eigenvalue weighted by atomic mass is 79.9. The van der Waals surface area contributed by atoms with E-state index in [4.69, 9.17) is 5.73 Å². The van der Waals surface area contributed by atoms with Gasteiger partial charge in [-0.05, 0) is 34.5 Å². The molecule has 0 aliphatic carbocycles. The summed E-state index contributed by atoms with van der Waals surface area (Å²) in [5, 5.41) is 0. The largest absolute Gasteiger partial charge is 0.325 e. The molecule has 0 amide bonds. The van der Waals surface area contributed by atoms with Crippen molar-refractivity contribution in [2.75, 3.05) is 0 Å². The van der Waals surface area contributed by atoms with Crippen molar-refractivity contribution in [3.63, 3.8) is 0 Å². The summed E-state index contributed by atoms with van der Waals surface area (Å²) in [6, 6.07) is 1.61. The van der Waals surface area contributed by atoms with Crippen LogP contribution in [0.15, 0.2) is 10.5 Å². The standard InChI is InChI=1S/C8H9BrF2N2/c1-4-2-5(9)6(3-12)13-7(4)8(10)11/h2,8H,3,12H2,1H3. The fourth-order valence-electron chi connectivity index (χ4n) is 0.998. The molecule has 1 aromatic heterocycles. The highest BCUT2D eigenvalue weighted by Crippen LogP contribution is 2.25. The van der Waals surface area contributed by atoms with Crippen molar-refractivity contribution in [3.05, 3.63) is 27.5 Å². The van der Waals surface area contributed by atoms with Crippen molar-refractivity contribution in [3.8, 4) is 0 Å². The smallest absolute Gasteiger partial charge is 0.280 e. The summed E-state index contributed by atoms with van der Waals surface area (Å²) in [6.45, 7) is 1.75. The topological polar surface area (TPSA) is 38.9 Å². The lowest BCUT2D eigenvalue weighted by Gasteiger charge is -2.07. The molecule has 0 saturated heterocycles. The molecular formula is C8H9BrF2N2. The molecule has 0 spiro atoms. The quantitative estimate of drug-likeness (QED) is 0.877. The van der Waals surface area contributed by atoms with Gasteiger partial charge in [-0.15, -0.1) is 0 Å². The van der Waals surface area contributed by atoms with Crippen LogP contribution in [-0.2, 0) is 6.54 Å². The van der Waals surface area contributed by atoms with Crippen molar-refractivity contribution in [1.82, 2.24) is 4.98 Å². The van der Waals surface area contributed by atoms with Gasteiger partial charge in [0.05, 0.1) is 5.69 Å². The second-order valence-corrected chi connectivity index (χ2v) is 3.48. The van der Waals surface area contributed by atoms with Gasteiger partial charge in [0.25, 0.3) is 6.43 Å². The number of rotatable bonds is 2. The van der Waals surface area contributed by atoms with E-state index < -0.39 is 6.43 Å². The summed E-state index contributed by atoms with van der Waals surface area (Å²) >= 11 is 3.20. The second-order valence-electron chi connectivity index (χ2n) is 2.62. The minimum Gasteiger partial charge on any atom is -0.325 e. The zero-order chi connectivity index (χ0) is 10.0. The first-order valence-electron chi connectivity index (χ1n) is 3.70. The number of alkyl halides is 2. The first-order chi connectivity index (χ1) is 6.06. The van der Waals surface area contributed by atoms with Crippen LogP contribution in [0.5, 0.6) is 0 Å². The fourth-order valence-corrected chi connectivity index (χ4v) is 1.59. The monoisotopic (exact) mass is 250 g/mol. The predicted molar refractivity (Wildman–Crippen MR) is 49.5 cm³/mol. The SMILES string of the molecule is Cc1cc(Br)c(CN)nc1C(F)F. The Hall–Kier alpha value is -0.550. The molecule has 1 heterocycles. The molecule has 0 aromatic carbocycles. The predicted octanol–water partition coefficient (Wildman–Crippen LogP) is 2.55. The van der Waals surface area contributed by atoms with Gasteiger partial charge in [-0.3, -0.25) is 0 Å². The Kier molecular flexibility index (Phi) is 3.33. The molecule has 0 radical (unpaired) electrons. The molecule has 0 aliphatic heterocycles. The van der Waals surface area contributed by atoms with E-state index in [1.807, 2.05) is 0 Å². The number of hydrogen-bond acceptors (Lipinski definition) is 2. The van der Waals surface area contributed by atoms with Crippen molar-refractivity contribution < 1.29 is 8.78 Å². The number of nitrogens with zero attached hydrogens (tertiary/aromatic N) is 1. The van der Waals surface area contributed by atoms with E-state index in [2.05, 4.69) is 20.9 Å². The molecule has 0 bridgehead atoms. The normalized spacial score (nSPS) is 10.9. The molecule has 1 rings (SSSR count). The maximum atomic E-state index is 12.4. The lowest BCUT2D eigenvalue weighted by atomic mass is 10.2. The van der Waals surface area contributed by atoms with Crippen LogP contribution in [0.2, 0.25) is 0 Å². The number of hydrogen-bond donors (Lipinski definition) is 1. The average Bonchev–Trinajstić information content (AvgIpc) is 2.03. The van der Waals surface area contributed by atoms with Crippen LogP contribution in [0.4, 0.5) is 8.78 Å². The molecule has 0 atom stereocenters. The first-order valence-corrected chi connectivity index (χ1v) is 4.49. The summed E-state index contributed by atoms with van der Waals surface area (Å²) < 4.78 is 25.4. The van der Waals surface area contributed by atoms with Crippen LogP contribution in [0.3, 0.4) is 0 Å². The van der Waals surface area contributed by atoms with Crippen LogP contribution in [0.25, 0.3) is 0 Å².